The van der Waals surface area contributed by atoms with Gasteiger partial charge in [0.05, 0.1) is 0 Å². The Morgan fingerprint density at radius 3 is 1.98 bits per heavy atom. The lowest BCUT2D eigenvalue weighted by Gasteiger charge is -2.28. The van der Waals surface area contributed by atoms with E-state index in [1.54, 1.807) is 5.19 Å². The van der Waals surface area contributed by atoms with Crippen molar-refractivity contribution in [1.82, 2.24) is 0 Å². The van der Waals surface area contributed by atoms with Crippen LogP contribution in [-0.2, 0) is 0 Å². The van der Waals surface area contributed by atoms with Crippen LogP contribution in [0.1, 0.15) is 0 Å². The Kier molecular flexibility index (Phi) is 6.51. The van der Waals surface area contributed by atoms with Gasteiger partial charge in [-0.3, -0.25) is 0 Å². The van der Waals surface area contributed by atoms with Gasteiger partial charge in [0.15, 0.2) is 0 Å². The molecule has 1 nitrogen and oxygen atoms in total. The van der Waals surface area contributed by atoms with Crippen LogP contribution in [0.3, 0.4) is 0 Å². The van der Waals surface area contributed by atoms with Gasteiger partial charge < -0.3 is 4.90 Å². The zero-order valence-corrected chi connectivity index (χ0v) is 31.5. The first-order chi connectivity index (χ1) is 25.5. The van der Waals surface area contributed by atoms with Crippen molar-refractivity contribution >= 4 is 109 Å². The normalized spacial score (nSPS) is 13.3. The Bertz CT molecular complexity index is 3080. The second-order valence-electron chi connectivity index (χ2n) is 14.5. The molecule has 0 radical (unpaired) electrons. The summed E-state index contributed by atoms with van der Waals surface area (Å²) in [6.07, 6.45) is 0. The topological polar surface area (TPSA) is 3.24 Å². The molecule has 0 N–H and O–H groups in total. The van der Waals surface area contributed by atoms with E-state index in [2.05, 4.69) is 182 Å². The van der Waals surface area contributed by atoms with Gasteiger partial charge in [-0.15, -0.1) is 22.7 Å². The summed E-state index contributed by atoms with van der Waals surface area (Å²) in [5, 5.41) is 11.0. The lowest BCUT2D eigenvalue weighted by Crippen LogP contribution is -2.49. The molecule has 11 rings (SSSR count). The highest BCUT2D eigenvalue weighted by Crippen LogP contribution is 2.45. The molecular formula is C48H33NS2Si. The minimum Gasteiger partial charge on any atom is -0.310 e. The first kappa shape index (κ1) is 30.1. The fourth-order valence-corrected chi connectivity index (χ4v) is 14.0. The van der Waals surface area contributed by atoms with Gasteiger partial charge >= 0.3 is 0 Å². The highest BCUT2D eigenvalue weighted by molar-refractivity contribution is 7.26. The van der Waals surface area contributed by atoms with Crippen molar-refractivity contribution in [2.45, 2.75) is 13.1 Å². The molecule has 3 heterocycles. The Balaban J connectivity index is 1.12. The number of hydrogen-bond acceptors (Lipinski definition) is 3. The van der Waals surface area contributed by atoms with Crippen LogP contribution in [0.2, 0.25) is 13.1 Å². The summed E-state index contributed by atoms with van der Waals surface area (Å²) < 4.78 is 5.38. The first-order valence-electron chi connectivity index (χ1n) is 17.9. The van der Waals surface area contributed by atoms with E-state index in [0.29, 0.717) is 0 Å². The van der Waals surface area contributed by atoms with Crippen molar-refractivity contribution in [3.63, 3.8) is 0 Å². The lowest BCUT2D eigenvalue weighted by molar-refractivity contribution is 1.29. The van der Waals surface area contributed by atoms with Crippen LogP contribution in [0.15, 0.2) is 164 Å². The average molecular weight is 716 g/mol. The standard InChI is InChI=1S/C48H33NS2Si/c1-52(2)45-25-24-43-47(39-15-6-8-17-42(39)50-43)48(45)40-23-21-36(29-46(40)52)49(35-20-22-38-37-14-5-7-16-41(37)51-44(38)28-35)34-13-9-12-32(27-34)33-19-18-30-10-3-4-11-31(30)26-33/h3-29H,1-2H3. The van der Waals surface area contributed by atoms with Gasteiger partial charge in [-0.1, -0.05) is 116 Å². The number of fused-ring (bicyclic) bond motifs is 11. The Morgan fingerprint density at radius 1 is 0.423 bits per heavy atom. The fourth-order valence-electron chi connectivity index (χ4n) is 8.66. The van der Waals surface area contributed by atoms with Crippen molar-refractivity contribution in [2.75, 3.05) is 4.90 Å². The average Bonchev–Trinajstić information content (AvgIpc) is 3.82. The maximum Gasteiger partial charge on any atom is 0.113 e. The van der Waals surface area contributed by atoms with Gasteiger partial charge in [0.2, 0.25) is 0 Å². The van der Waals surface area contributed by atoms with E-state index >= 15 is 0 Å². The molecule has 0 spiro atoms. The van der Waals surface area contributed by atoms with Crippen LogP contribution in [0, 0.1) is 0 Å². The predicted octanol–water partition coefficient (Wildman–Crippen LogP) is 13.5. The number of benzene rings is 8. The summed E-state index contributed by atoms with van der Waals surface area (Å²) in [4.78, 5) is 2.48. The number of hydrogen-bond donors (Lipinski definition) is 0. The molecule has 0 unspecified atom stereocenters. The maximum atomic E-state index is 2.54. The van der Waals surface area contributed by atoms with Crippen LogP contribution in [0.4, 0.5) is 17.1 Å². The van der Waals surface area contributed by atoms with Gasteiger partial charge in [0.1, 0.15) is 8.07 Å². The van der Waals surface area contributed by atoms with Crippen LogP contribution >= 0.6 is 22.7 Å². The number of nitrogens with zero attached hydrogens (tertiary/aromatic N) is 1. The van der Waals surface area contributed by atoms with Crippen LogP contribution in [0.25, 0.3) is 73.4 Å². The van der Waals surface area contributed by atoms with E-state index in [9.17, 15) is 0 Å². The quantitative estimate of drug-likeness (QED) is 0.164. The zero-order chi connectivity index (χ0) is 34.6. The van der Waals surface area contributed by atoms with E-state index in [4.69, 9.17) is 0 Å². The number of thiophene rings is 2. The summed E-state index contributed by atoms with van der Waals surface area (Å²) in [6, 6.07) is 61.4. The molecule has 0 fully saturated rings. The summed E-state index contributed by atoms with van der Waals surface area (Å²) in [7, 11) is -2.01. The smallest absolute Gasteiger partial charge is 0.113 e. The third-order valence-electron chi connectivity index (χ3n) is 11.2. The minimum atomic E-state index is -2.01. The molecule has 0 bridgehead atoms. The summed E-state index contributed by atoms with van der Waals surface area (Å²) in [5.74, 6) is 0. The highest BCUT2D eigenvalue weighted by Gasteiger charge is 2.39. The van der Waals surface area contributed by atoms with Gasteiger partial charge in [-0.05, 0) is 104 Å². The van der Waals surface area contributed by atoms with E-state index < -0.39 is 8.07 Å². The largest absolute Gasteiger partial charge is 0.310 e. The third-order valence-corrected chi connectivity index (χ3v) is 17.0. The van der Waals surface area contributed by atoms with E-state index in [0.717, 1.165) is 5.69 Å². The molecule has 246 valence electrons. The van der Waals surface area contributed by atoms with E-state index in [-0.39, 0.29) is 0 Å². The second-order valence-corrected chi connectivity index (χ2v) is 21.0. The molecule has 4 heteroatoms. The zero-order valence-electron chi connectivity index (χ0n) is 28.9. The molecule has 52 heavy (non-hydrogen) atoms. The lowest BCUT2D eigenvalue weighted by atomic mass is 9.98. The SMILES string of the molecule is C[Si]1(C)c2cc(N(c3cccc(-c4ccc5ccccc5c4)c3)c3ccc4c(c3)sc3ccccc34)ccc2-c2c1ccc1sc3ccccc3c21. The van der Waals surface area contributed by atoms with Crippen molar-refractivity contribution in [2.24, 2.45) is 0 Å². The molecule has 1 aliphatic rings. The van der Waals surface area contributed by atoms with E-state index in [1.165, 1.54) is 89.9 Å². The molecule has 0 saturated carbocycles. The molecule has 1 aliphatic heterocycles. The molecule has 0 aliphatic carbocycles. The molecule has 2 aromatic heterocycles. The monoisotopic (exact) mass is 715 g/mol. The molecular weight excluding hydrogens is 683 g/mol. The van der Waals surface area contributed by atoms with Crippen molar-refractivity contribution in [3.05, 3.63) is 164 Å². The van der Waals surface area contributed by atoms with Crippen molar-refractivity contribution in [1.29, 1.82) is 0 Å². The van der Waals surface area contributed by atoms with E-state index in [1.807, 2.05) is 22.7 Å². The van der Waals surface area contributed by atoms with Crippen LogP contribution < -0.4 is 15.3 Å². The van der Waals surface area contributed by atoms with Crippen LogP contribution in [0.5, 0.6) is 0 Å². The third kappa shape index (κ3) is 4.45. The number of rotatable bonds is 4. The van der Waals surface area contributed by atoms with Crippen LogP contribution in [-0.4, -0.2) is 8.07 Å². The molecule has 0 atom stereocenters. The van der Waals surface area contributed by atoms with Crippen molar-refractivity contribution in [3.8, 4) is 22.3 Å². The Labute approximate surface area is 311 Å². The molecule has 10 aromatic rings. The summed E-state index contributed by atoms with van der Waals surface area (Å²) >= 11 is 3.80. The summed E-state index contributed by atoms with van der Waals surface area (Å²) in [5.41, 5.74) is 8.86. The predicted molar refractivity (Wildman–Crippen MR) is 232 cm³/mol. The number of anilines is 3. The van der Waals surface area contributed by atoms with Crippen molar-refractivity contribution < 1.29 is 0 Å². The van der Waals surface area contributed by atoms with Gasteiger partial charge in [0.25, 0.3) is 0 Å². The second kappa shape index (κ2) is 11.2. The van der Waals surface area contributed by atoms with Gasteiger partial charge in [-0.25, -0.2) is 0 Å². The minimum absolute atomic E-state index is 1.16. The molecule has 8 aromatic carbocycles. The maximum absolute atomic E-state index is 2.54. The van der Waals surface area contributed by atoms with Gasteiger partial charge in [-0.2, -0.15) is 0 Å². The Morgan fingerprint density at radius 2 is 1.10 bits per heavy atom. The fraction of sp³-hybridized carbons (Fsp3) is 0.0417. The highest BCUT2D eigenvalue weighted by atomic mass is 32.1. The van der Waals surface area contributed by atoms with Gasteiger partial charge in [0, 0.05) is 57.4 Å². The Hall–Kier alpha value is -5.52. The molecule has 0 amide bonds. The molecule has 0 saturated heterocycles. The summed E-state index contributed by atoms with van der Waals surface area (Å²) in [6.45, 7) is 5.07. The first-order valence-corrected chi connectivity index (χ1v) is 22.5.